The summed E-state index contributed by atoms with van der Waals surface area (Å²) in [5.74, 6) is -0.213. The molecule has 19 heavy (non-hydrogen) atoms. The van der Waals surface area contributed by atoms with Crippen LogP contribution in [0.15, 0.2) is 24.3 Å². The molecular weight excluding hydrogens is 241 g/mol. The fraction of sp³-hybridized carbons (Fsp3) is 0.533. The molecule has 0 saturated carbocycles. The second-order valence-corrected chi connectivity index (χ2v) is 4.82. The first-order chi connectivity index (χ1) is 9.08. The number of nitrogens with one attached hydrogen (secondary N) is 1. The number of benzene rings is 1. The molecule has 0 heterocycles. The predicted octanol–water partition coefficient (Wildman–Crippen LogP) is 2.93. The predicted molar refractivity (Wildman–Crippen MR) is 76.6 cm³/mol. The molecule has 0 spiro atoms. The molecule has 0 amide bonds. The van der Waals surface area contributed by atoms with Gasteiger partial charge in [0.2, 0.25) is 0 Å². The molecule has 1 aromatic carbocycles. The molecule has 0 radical (unpaired) electrons. The van der Waals surface area contributed by atoms with Gasteiger partial charge in [-0.05, 0) is 39.3 Å². The fourth-order valence-corrected chi connectivity index (χ4v) is 2.03. The third-order valence-corrected chi connectivity index (χ3v) is 2.95. The van der Waals surface area contributed by atoms with E-state index >= 15 is 0 Å². The van der Waals surface area contributed by atoms with Gasteiger partial charge in [0.25, 0.3) is 0 Å². The Labute approximate surface area is 115 Å². The van der Waals surface area contributed by atoms with Gasteiger partial charge in [-0.3, -0.25) is 5.32 Å². The van der Waals surface area contributed by atoms with Crippen molar-refractivity contribution in [1.29, 1.82) is 5.26 Å². The number of halogens is 1. The molecule has 1 rings (SSSR count). The van der Waals surface area contributed by atoms with Crippen LogP contribution < -0.4 is 10.2 Å². The number of anilines is 1. The first kappa shape index (κ1) is 15.5. The van der Waals surface area contributed by atoms with E-state index in [0.717, 1.165) is 6.54 Å². The van der Waals surface area contributed by atoms with E-state index in [1.165, 1.54) is 6.07 Å². The zero-order chi connectivity index (χ0) is 14.3. The summed E-state index contributed by atoms with van der Waals surface area (Å²) in [4.78, 5) is 1.96. The fourth-order valence-electron chi connectivity index (χ4n) is 2.03. The standard InChI is InChI=1S/C15H22FN3/c1-4-19(15-8-6-5-7-14(15)16)10-9-13(11-17)18-12(2)3/h5-8,12-13,18H,4,9-10H2,1-3H3. The lowest BCUT2D eigenvalue weighted by Crippen LogP contribution is -2.37. The minimum Gasteiger partial charge on any atom is -0.369 e. The van der Waals surface area contributed by atoms with E-state index in [2.05, 4.69) is 11.4 Å². The van der Waals surface area contributed by atoms with Crippen molar-refractivity contribution in [3.63, 3.8) is 0 Å². The van der Waals surface area contributed by atoms with Crippen LogP contribution in [0.4, 0.5) is 10.1 Å². The average molecular weight is 263 g/mol. The summed E-state index contributed by atoms with van der Waals surface area (Å²) in [5.41, 5.74) is 0.603. The molecule has 0 aromatic heterocycles. The number of rotatable bonds is 7. The lowest BCUT2D eigenvalue weighted by Gasteiger charge is -2.25. The maximum Gasteiger partial charge on any atom is 0.146 e. The molecule has 1 unspecified atom stereocenters. The second-order valence-electron chi connectivity index (χ2n) is 4.82. The topological polar surface area (TPSA) is 39.1 Å². The highest BCUT2D eigenvalue weighted by Gasteiger charge is 2.13. The lowest BCUT2D eigenvalue weighted by molar-refractivity contribution is 0.502. The summed E-state index contributed by atoms with van der Waals surface area (Å²) >= 11 is 0. The molecule has 0 aliphatic rings. The molecule has 1 aromatic rings. The molecule has 0 bridgehead atoms. The van der Waals surface area contributed by atoms with Crippen LogP contribution in [0.5, 0.6) is 0 Å². The summed E-state index contributed by atoms with van der Waals surface area (Å²) in [6.45, 7) is 7.40. The molecule has 3 nitrogen and oxygen atoms in total. The van der Waals surface area contributed by atoms with E-state index in [1.54, 1.807) is 12.1 Å². The number of nitriles is 1. The molecule has 0 fully saturated rings. The monoisotopic (exact) mass is 263 g/mol. The van der Waals surface area contributed by atoms with Gasteiger partial charge < -0.3 is 4.90 Å². The molecule has 0 saturated heterocycles. The maximum absolute atomic E-state index is 13.7. The van der Waals surface area contributed by atoms with Gasteiger partial charge in [0.1, 0.15) is 5.82 Å². The first-order valence-corrected chi connectivity index (χ1v) is 6.73. The summed E-state index contributed by atoms with van der Waals surface area (Å²) < 4.78 is 13.7. The second kappa shape index (κ2) is 7.75. The SMILES string of the molecule is CCN(CCC(C#N)NC(C)C)c1ccccc1F. The molecule has 0 aliphatic carbocycles. The van der Waals surface area contributed by atoms with E-state index in [1.807, 2.05) is 31.7 Å². The highest BCUT2D eigenvalue weighted by molar-refractivity contribution is 5.47. The summed E-state index contributed by atoms with van der Waals surface area (Å²) in [7, 11) is 0. The Morgan fingerprint density at radius 2 is 2.05 bits per heavy atom. The zero-order valence-corrected chi connectivity index (χ0v) is 11.9. The van der Waals surface area contributed by atoms with Gasteiger partial charge in [0.05, 0.1) is 17.8 Å². The highest BCUT2D eigenvalue weighted by Crippen LogP contribution is 2.18. The van der Waals surface area contributed by atoms with Crippen LogP contribution in [-0.4, -0.2) is 25.2 Å². The van der Waals surface area contributed by atoms with Crippen molar-refractivity contribution in [1.82, 2.24) is 5.32 Å². The van der Waals surface area contributed by atoms with Crippen LogP contribution in [0.25, 0.3) is 0 Å². The number of nitrogens with zero attached hydrogens (tertiary/aromatic N) is 2. The van der Waals surface area contributed by atoms with E-state index in [9.17, 15) is 4.39 Å². The Bertz CT molecular complexity index is 426. The Balaban J connectivity index is 2.63. The molecular formula is C15H22FN3. The largest absolute Gasteiger partial charge is 0.369 e. The van der Waals surface area contributed by atoms with Crippen molar-refractivity contribution >= 4 is 5.69 Å². The highest BCUT2D eigenvalue weighted by atomic mass is 19.1. The van der Waals surface area contributed by atoms with Gasteiger partial charge in [0, 0.05) is 19.1 Å². The third kappa shape index (κ3) is 4.88. The molecule has 104 valence electrons. The van der Waals surface area contributed by atoms with Gasteiger partial charge in [-0.15, -0.1) is 0 Å². The summed E-state index contributed by atoms with van der Waals surface area (Å²) in [5, 5.41) is 12.3. The van der Waals surface area contributed by atoms with Gasteiger partial charge in [0.15, 0.2) is 0 Å². The van der Waals surface area contributed by atoms with Crippen molar-refractivity contribution in [3.8, 4) is 6.07 Å². The maximum atomic E-state index is 13.7. The number of hydrogen-bond donors (Lipinski definition) is 1. The van der Waals surface area contributed by atoms with Gasteiger partial charge in [-0.25, -0.2) is 4.39 Å². The molecule has 1 N–H and O–H groups in total. The Kier molecular flexibility index (Phi) is 6.31. The Morgan fingerprint density at radius 1 is 1.37 bits per heavy atom. The quantitative estimate of drug-likeness (QED) is 0.822. The minimum absolute atomic E-state index is 0.194. The first-order valence-electron chi connectivity index (χ1n) is 6.73. The van der Waals surface area contributed by atoms with Crippen LogP contribution in [0.3, 0.4) is 0 Å². The van der Waals surface area contributed by atoms with Crippen molar-refractivity contribution < 1.29 is 4.39 Å². The van der Waals surface area contributed by atoms with Crippen molar-refractivity contribution in [2.75, 3.05) is 18.0 Å². The zero-order valence-electron chi connectivity index (χ0n) is 11.9. The van der Waals surface area contributed by atoms with E-state index < -0.39 is 0 Å². The molecule has 0 aliphatic heterocycles. The minimum atomic E-state index is -0.213. The smallest absolute Gasteiger partial charge is 0.146 e. The molecule has 1 atom stereocenters. The van der Waals surface area contributed by atoms with Gasteiger partial charge >= 0.3 is 0 Å². The number of hydrogen-bond acceptors (Lipinski definition) is 3. The van der Waals surface area contributed by atoms with Gasteiger partial charge in [-0.1, -0.05) is 12.1 Å². The van der Waals surface area contributed by atoms with Crippen LogP contribution in [0.2, 0.25) is 0 Å². The number of para-hydroxylation sites is 1. The van der Waals surface area contributed by atoms with Crippen LogP contribution >= 0.6 is 0 Å². The lowest BCUT2D eigenvalue weighted by atomic mass is 10.2. The van der Waals surface area contributed by atoms with E-state index in [4.69, 9.17) is 5.26 Å². The van der Waals surface area contributed by atoms with Crippen LogP contribution in [0.1, 0.15) is 27.2 Å². The Morgan fingerprint density at radius 3 is 2.58 bits per heavy atom. The average Bonchev–Trinajstić information content (AvgIpc) is 2.39. The normalized spacial score (nSPS) is 12.2. The summed E-state index contributed by atoms with van der Waals surface area (Å²) in [6.07, 6.45) is 0.677. The Hall–Kier alpha value is -1.60. The summed E-state index contributed by atoms with van der Waals surface area (Å²) in [6, 6.07) is 9.08. The van der Waals surface area contributed by atoms with Crippen molar-refractivity contribution in [3.05, 3.63) is 30.1 Å². The third-order valence-electron chi connectivity index (χ3n) is 2.95. The van der Waals surface area contributed by atoms with Gasteiger partial charge in [-0.2, -0.15) is 5.26 Å². The van der Waals surface area contributed by atoms with Crippen LogP contribution in [0, 0.1) is 17.1 Å². The van der Waals surface area contributed by atoms with Crippen molar-refractivity contribution in [2.24, 2.45) is 0 Å². The van der Waals surface area contributed by atoms with Crippen LogP contribution in [-0.2, 0) is 0 Å². The molecule has 4 heteroatoms. The van der Waals surface area contributed by atoms with E-state index in [-0.39, 0.29) is 17.9 Å². The van der Waals surface area contributed by atoms with E-state index in [0.29, 0.717) is 18.7 Å². The van der Waals surface area contributed by atoms with Crippen molar-refractivity contribution in [2.45, 2.75) is 39.3 Å².